The molecule has 0 unspecified atom stereocenters. The number of hydrogen-bond donors (Lipinski definition) is 1. The molecule has 152 valence electrons. The summed E-state index contributed by atoms with van der Waals surface area (Å²) in [6.07, 6.45) is 1.45. The van der Waals surface area contributed by atoms with Crippen LogP contribution >= 0.6 is 0 Å². The molecule has 1 N–H and O–H groups in total. The summed E-state index contributed by atoms with van der Waals surface area (Å²) in [6, 6.07) is 13.5. The van der Waals surface area contributed by atoms with Crippen LogP contribution < -0.4 is 15.1 Å². The third kappa shape index (κ3) is 4.27. The van der Waals surface area contributed by atoms with Gasteiger partial charge in [-0.15, -0.1) is 0 Å². The Hall–Kier alpha value is -2.86. The van der Waals surface area contributed by atoms with Crippen LogP contribution in [0.5, 0.6) is 0 Å². The van der Waals surface area contributed by atoms with Crippen molar-refractivity contribution in [1.29, 1.82) is 0 Å². The first kappa shape index (κ1) is 19.5. The SMILES string of the molecule is Cc1cc(N2CCN(C)CC2)ccc1NC(=O)c1cccc(N2CCCC2=O)c1. The average molecular weight is 393 g/mol. The van der Waals surface area contributed by atoms with Crippen molar-refractivity contribution in [1.82, 2.24) is 4.90 Å². The number of nitrogens with zero attached hydrogens (tertiary/aromatic N) is 3. The number of piperazine rings is 1. The Bertz CT molecular complexity index is 919. The molecular weight excluding hydrogens is 364 g/mol. The Balaban J connectivity index is 1.46. The first-order valence-electron chi connectivity index (χ1n) is 10.3. The van der Waals surface area contributed by atoms with Crippen molar-refractivity contribution in [2.75, 3.05) is 54.9 Å². The molecule has 2 fully saturated rings. The summed E-state index contributed by atoms with van der Waals surface area (Å²) in [5.74, 6) is -0.0353. The molecule has 4 rings (SSSR count). The van der Waals surface area contributed by atoms with Crippen LogP contribution in [0.2, 0.25) is 0 Å². The molecule has 0 aromatic heterocycles. The highest BCUT2D eigenvalue weighted by molar-refractivity contribution is 6.06. The predicted molar refractivity (Wildman–Crippen MR) is 117 cm³/mol. The number of benzene rings is 2. The van der Waals surface area contributed by atoms with Gasteiger partial charge in [-0.2, -0.15) is 0 Å². The van der Waals surface area contributed by atoms with Crippen molar-refractivity contribution in [2.24, 2.45) is 0 Å². The summed E-state index contributed by atoms with van der Waals surface area (Å²) in [7, 11) is 2.15. The van der Waals surface area contributed by atoms with Crippen molar-refractivity contribution in [3.8, 4) is 0 Å². The van der Waals surface area contributed by atoms with Crippen LogP contribution in [0.1, 0.15) is 28.8 Å². The van der Waals surface area contributed by atoms with Crippen LogP contribution in [-0.2, 0) is 4.79 Å². The normalized spacial score (nSPS) is 17.7. The molecule has 2 aromatic rings. The second-order valence-corrected chi connectivity index (χ2v) is 7.94. The summed E-state index contributed by atoms with van der Waals surface area (Å²) in [6.45, 7) is 6.90. The molecule has 2 amide bonds. The molecule has 6 heteroatoms. The van der Waals surface area contributed by atoms with Crippen LogP contribution in [0.3, 0.4) is 0 Å². The van der Waals surface area contributed by atoms with E-state index in [1.807, 2.05) is 25.1 Å². The van der Waals surface area contributed by atoms with E-state index in [1.165, 1.54) is 5.69 Å². The summed E-state index contributed by atoms with van der Waals surface area (Å²) >= 11 is 0. The monoisotopic (exact) mass is 392 g/mol. The van der Waals surface area contributed by atoms with Crippen molar-refractivity contribution in [3.63, 3.8) is 0 Å². The Kier molecular flexibility index (Phi) is 5.53. The number of rotatable bonds is 4. The highest BCUT2D eigenvalue weighted by atomic mass is 16.2. The average Bonchev–Trinajstić information content (AvgIpc) is 3.16. The third-order valence-corrected chi connectivity index (χ3v) is 5.82. The summed E-state index contributed by atoms with van der Waals surface area (Å²) in [5, 5.41) is 3.02. The van der Waals surface area contributed by atoms with Gasteiger partial charge in [-0.05, 0) is 62.4 Å². The molecule has 0 radical (unpaired) electrons. The molecule has 2 aliphatic rings. The van der Waals surface area contributed by atoms with E-state index in [1.54, 1.807) is 17.0 Å². The molecule has 0 bridgehead atoms. The van der Waals surface area contributed by atoms with Crippen LogP contribution in [0.4, 0.5) is 17.1 Å². The van der Waals surface area contributed by atoms with Crippen LogP contribution in [-0.4, -0.2) is 56.5 Å². The van der Waals surface area contributed by atoms with Gasteiger partial charge in [0.15, 0.2) is 0 Å². The molecule has 0 spiro atoms. The third-order valence-electron chi connectivity index (χ3n) is 5.82. The number of likely N-dealkylation sites (N-methyl/N-ethyl adjacent to an activating group) is 1. The predicted octanol–water partition coefficient (Wildman–Crippen LogP) is 3.13. The topological polar surface area (TPSA) is 55.9 Å². The number of amides is 2. The molecule has 0 saturated carbocycles. The summed E-state index contributed by atoms with van der Waals surface area (Å²) in [5.41, 5.74) is 4.41. The smallest absolute Gasteiger partial charge is 0.255 e. The minimum Gasteiger partial charge on any atom is -0.369 e. The lowest BCUT2D eigenvalue weighted by Gasteiger charge is -2.34. The van der Waals surface area contributed by atoms with E-state index in [2.05, 4.69) is 34.3 Å². The Morgan fingerprint density at radius 1 is 0.966 bits per heavy atom. The number of carbonyl (C=O) groups is 2. The first-order chi connectivity index (χ1) is 14.0. The van der Waals surface area contributed by atoms with E-state index in [0.29, 0.717) is 12.0 Å². The minimum absolute atomic E-state index is 0.123. The van der Waals surface area contributed by atoms with E-state index in [9.17, 15) is 9.59 Å². The number of hydrogen-bond acceptors (Lipinski definition) is 4. The minimum atomic E-state index is -0.158. The van der Waals surface area contributed by atoms with Gasteiger partial charge in [0, 0.05) is 61.8 Å². The number of anilines is 3. The summed E-state index contributed by atoms with van der Waals surface area (Å²) < 4.78 is 0. The maximum Gasteiger partial charge on any atom is 0.255 e. The fraction of sp³-hybridized carbons (Fsp3) is 0.391. The molecule has 2 saturated heterocycles. The van der Waals surface area contributed by atoms with Crippen LogP contribution in [0.15, 0.2) is 42.5 Å². The fourth-order valence-electron chi connectivity index (χ4n) is 3.98. The van der Waals surface area contributed by atoms with Crippen LogP contribution in [0, 0.1) is 6.92 Å². The zero-order valence-electron chi connectivity index (χ0n) is 17.1. The molecule has 6 nitrogen and oxygen atoms in total. The molecule has 29 heavy (non-hydrogen) atoms. The second kappa shape index (κ2) is 8.25. The van der Waals surface area contributed by atoms with Gasteiger partial charge < -0.3 is 20.0 Å². The van der Waals surface area contributed by atoms with Gasteiger partial charge in [-0.3, -0.25) is 9.59 Å². The zero-order valence-corrected chi connectivity index (χ0v) is 17.1. The van der Waals surface area contributed by atoms with Crippen molar-refractivity contribution in [2.45, 2.75) is 19.8 Å². The maximum absolute atomic E-state index is 12.8. The van der Waals surface area contributed by atoms with E-state index in [4.69, 9.17) is 0 Å². The Labute approximate surface area is 172 Å². The van der Waals surface area contributed by atoms with E-state index < -0.39 is 0 Å². The lowest BCUT2D eigenvalue weighted by molar-refractivity contribution is -0.117. The van der Waals surface area contributed by atoms with Gasteiger partial charge in [-0.1, -0.05) is 6.07 Å². The number of nitrogens with one attached hydrogen (secondary N) is 1. The molecule has 0 atom stereocenters. The van der Waals surface area contributed by atoms with Gasteiger partial charge in [0.1, 0.15) is 0 Å². The van der Waals surface area contributed by atoms with Gasteiger partial charge in [0.25, 0.3) is 5.91 Å². The Morgan fingerprint density at radius 2 is 1.76 bits per heavy atom. The van der Waals surface area contributed by atoms with E-state index in [-0.39, 0.29) is 11.8 Å². The first-order valence-corrected chi connectivity index (χ1v) is 10.3. The van der Waals surface area contributed by atoms with Crippen molar-refractivity contribution < 1.29 is 9.59 Å². The number of aryl methyl sites for hydroxylation is 1. The highest BCUT2D eigenvalue weighted by Gasteiger charge is 2.22. The standard InChI is InChI=1S/C23H28N4O2/c1-17-15-19(26-13-11-25(2)12-14-26)8-9-21(17)24-23(29)18-5-3-6-20(16-18)27-10-4-7-22(27)28/h3,5-6,8-9,15-16H,4,7,10-14H2,1-2H3,(H,24,29). The zero-order chi connectivity index (χ0) is 20.4. The van der Waals surface area contributed by atoms with Gasteiger partial charge in [-0.25, -0.2) is 0 Å². The lowest BCUT2D eigenvalue weighted by atomic mass is 10.1. The van der Waals surface area contributed by atoms with E-state index >= 15 is 0 Å². The molecule has 2 aliphatic heterocycles. The fourth-order valence-corrected chi connectivity index (χ4v) is 3.98. The lowest BCUT2D eigenvalue weighted by Crippen LogP contribution is -2.44. The maximum atomic E-state index is 12.8. The largest absolute Gasteiger partial charge is 0.369 e. The van der Waals surface area contributed by atoms with E-state index in [0.717, 1.165) is 56.1 Å². The van der Waals surface area contributed by atoms with Crippen LogP contribution in [0.25, 0.3) is 0 Å². The van der Waals surface area contributed by atoms with Gasteiger partial charge in [0.2, 0.25) is 5.91 Å². The quantitative estimate of drug-likeness (QED) is 0.869. The molecule has 2 heterocycles. The van der Waals surface area contributed by atoms with Crippen molar-refractivity contribution >= 4 is 28.9 Å². The van der Waals surface area contributed by atoms with Crippen molar-refractivity contribution in [3.05, 3.63) is 53.6 Å². The highest BCUT2D eigenvalue weighted by Crippen LogP contribution is 2.26. The summed E-state index contributed by atoms with van der Waals surface area (Å²) in [4.78, 5) is 31.3. The second-order valence-electron chi connectivity index (χ2n) is 7.94. The van der Waals surface area contributed by atoms with Gasteiger partial charge in [0.05, 0.1) is 0 Å². The Morgan fingerprint density at radius 3 is 2.45 bits per heavy atom. The number of carbonyl (C=O) groups excluding carboxylic acids is 2. The molecule has 0 aliphatic carbocycles. The molecular formula is C23H28N4O2. The van der Waals surface area contributed by atoms with Gasteiger partial charge >= 0.3 is 0 Å². The molecule has 2 aromatic carbocycles.